The number of hydrogen-bond acceptors (Lipinski definition) is 4. The van der Waals surface area contributed by atoms with Crippen molar-refractivity contribution < 1.29 is 4.79 Å². The number of halogens is 1. The van der Waals surface area contributed by atoms with Crippen molar-refractivity contribution in [3.8, 4) is 0 Å². The molecule has 6 heteroatoms. The van der Waals surface area contributed by atoms with Crippen LogP contribution >= 0.6 is 11.6 Å². The number of hydrogen-bond donors (Lipinski definition) is 2. The van der Waals surface area contributed by atoms with Gasteiger partial charge in [-0.05, 0) is 18.2 Å². The molecule has 1 aliphatic rings. The number of carbonyl (C=O) groups is 1. The van der Waals surface area contributed by atoms with Gasteiger partial charge in [-0.2, -0.15) is 0 Å². The van der Waals surface area contributed by atoms with E-state index >= 15 is 0 Å². The number of primary amides is 1. The molecule has 1 saturated heterocycles. The molecule has 1 aromatic rings. The van der Waals surface area contributed by atoms with Crippen LogP contribution in [0, 0.1) is 0 Å². The predicted octanol–water partition coefficient (Wildman–Crippen LogP) is 0.665. The third kappa shape index (κ3) is 3.85. The first-order chi connectivity index (χ1) is 9.60. The monoisotopic (exact) mass is 296 g/mol. The Morgan fingerprint density at radius 2 is 2.00 bits per heavy atom. The van der Waals surface area contributed by atoms with E-state index in [9.17, 15) is 4.79 Å². The minimum Gasteiger partial charge on any atom is -0.370 e. The van der Waals surface area contributed by atoms with Gasteiger partial charge in [-0.25, -0.2) is 0 Å². The number of amides is 1. The zero-order chi connectivity index (χ0) is 14.5. The van der Waals surface area contributed by atoms with Gasteiger partial charge in [0.2, 0.25) is 5.91 Å². The summed E-state index contributed by atoms with van der Waals surface area (Å²) in [6.45, 7) is 4.01. The molecular formula is C14H21ClN4O. The van der Waals surface area contributed by atoms with Crippen LogP contribution in [0.15, 0.2) is 24.3 Å². The van der Waals surface area contributed by atoms with Gasteiger partial charge in [-0.3, -0.25) is 9.69 Å². The first-order valence-corrected chi connectivity index (χ1v) is 7.21. The van der Waals surface area contributed by atoms with Crippen LogP contribution in [0.5, 0.6) is 0 Å². The lowest BCUT2D eigenvalue weighted by Gasteiger charge is -2.39. The molecule has 1 fully saturated rings. The topological polar surface area (TPSA) is 75.6 Å². The molecule has 1 amide bonds. The zero-order valence-electron chi connectivity index (χ0n) is 11.5. The number of nitrogens with zero attached hydrogens (tertiary/aromatic N) is 2. The summed E-state index contributed by atoms with van der Waals surface area (Å²) in [4.78, 5) is 15.6. The van der Waals surface area contributed by atoms with Crippen molar-refractivity contribution >= 4 is 23.2 Å². The number of carbonyl (C=O) groups excluding carboxylic acids is 1. The predicted molar refractivity (Wildman–Crippen MR) is 81.9 cm³/mol. The van der Waals surface area contributed by atoms with Crippen LogP contribution in [0.4, 0.5) is 5.69 Å². The van der Waals surface area contributed by atoms with Gasteiger partial charge in [0.1, 0.15) is 0 Å². The van der Waals surface area contributed by atoms with E-state index in [0.717, 1.165) is 36.9 Å². The second kappa shape index (κ2) is 6.92. The maximum Gasteiger partial charge on any atom is 0.219 e. The maximum absolute atomic E-state index is 11.0. The molecule has 0 bridgehead atoms. The highest BCUT2D eigenvalue weighted by Gasteiger charge is 2.24. The highest BCUT2D eigenvalue weighted by Crippen LogP contribution is 2.21. The Bertz CT molecular complexity index is 460. The Morgan fingerprint density at radius 3 is 2.55 bits per heavy atom. The molecule has 1 aromatic carbocycles. The van der Waals surface area contributed by atoms with Crippen LogP contribution in [0.25, 0.3) is 0 Å². The Morgan fingerprint density at radius 1 is 1.30 bits per heavy atom. The minimum atomic E-state index is -0.294. The fourth-order valence-electron chi connectivity index (χ4n) is 2.61. The Balaban J connectivity index is 1.93. The van der Waals surface area contributed by atoms with Gasteiger partial charge in [-0.1, -0.05) is 17.7 Å². The maximum atomic E-state index is 11.0. The summed E-state index contributed by atoms with van der Waals surface area (Å²) in [5.74, 6) is -0.294. The molecule has 0 spiro atoms. The van der Waals surface area contributed by atoms with Gasteiger partial charge in [0.15, 0.2) is 0 Å². The lowest BCUT2D eigenvalue weighted by atomic mass is 10.1. The quantitative estimate of drug-likeness (QED) is 0.837. The molecule has 2 rings (SSSR count). The van der Waals surface area contributed by atoms with E-state index in [-0.39, 0.29) is 11.9 Å². The third-order valence-electron chi connectivity index (χ3n) is 3.71. The van der Waals surface area contributed by atoms with Crippen LogP contribution in [0.3, 0.4) is 0 Å². The minimum absolute atomic E-state index is 0.0500. The van der Waals surface area contributed by atoms with E-state index in [1.165, 1.54) is 0 Å². The number of benzene rings is 1. The molecule has 110 valence electrons. The van der Waals surface area contributed by atoms with Crippen molar-refractivity contribution in [3.05, 3.63) is 29.3 Å². The Labute approximate surface area is 124 Å². The summed E-state index contributed by atoms with van der Waals surface area (Å²) in [5, 5.41) is 0.749. The molecule has 20 heavy (non-hydrogen) atoms. The van der Waals surface area contributed by atoms with Crippen LogP contribution in [0.1, 0.15) is 6.42 Å². The largest absolute Gasteiger partial charge is 0.370 e. The fraction of sp³-hybridized carbons (Fsp3) is 0.500. The van der Waals surface area contributed by atoms with E-state index in [1.54, 1.807) is 0 Å². The molecule has 0 aliphatic carbocycles. The van der Waals surface area contributed by atoms with Gasteiger partial charge in [-0.15, -0.1) is 0 Å². The number of anilines is 1. The highest BCUT2D eigenvalue weighted by molar-refractivity contribution is 6.30. The third-order valence-corrected chi connectivity index (χ3v) is 3.95. The van der Waals surface area contributed by atoms with Crippen LogP contribution in [0.2, 0.25) is 5.02 Å². The molecule has 1 atom stereocenters. The molecule has 1 aliphatic heterocycles. The average molecular weight is 297 g/mol. The summed E-state index contributed by atoms with van der Waals surface area (Å²) in [7, 11) is 0. The fourth-order valence-corrected chi connectivity index (χ4v) is 2.80. The zero-order valence-corrected chi connectivity index (χ0v) is 12.2. The second-order valence-electron chi connectivity index (χ2n) is 5.06. The van der Waals surface area contributed by atoms with E-state index in [2.05, 4.69) is 15.9 Å². The molecule has 0 radical (unpaired) electrons. The first kappa shape index (κ1) is 15.1. The Kier molecular flexibility index (Phi) is 5.23. The molecule has 1 heterocycles. The molecule has 4 N–H and O–H groups in total. The van der Waals surface area contributed by atoms with Gasteiger partial charge in [0.05, 0.1) is 0 Å². The van der Waals surface area contributed by atoms with Crippen molar-refractivity contribution in [2.45, 2.75) is 12.5 Å². The van der Waals surface area contributed by atoms with Crippen molar-refractivity contribution in [2.24, 2.45) is 11.5 Å². The summed E-state index contributed by atoms with van der Waals surface area (Å²) >= 11 is 6.02. The van der Waals surface area contributed by atoms with Crippen LogP contribution < -0.4 is 16.4 Å². The van der Waals surface area contributed by atoms with Crippen LogP contribution in [-0.4, -0.2) is 49.6 Å². The average Bonchev–Trinajstić information content (AvgIpc) is 2.45. The Hall–Kier alpha value is -1.30. The standard InChI is InChI=1S/C14H21ClN4O/c15-11-2-1-3-12(8-11)18-4-6-19(7-5-18)13(10-16)9-14(17)20/h1-3,8,13H,4-7,9-10,16H2,(H2,17,20). The molecule has 1 unspecified atom stereocenters. The van der Waals surface area contributed by atoms with E-state index in [4.69, 9.17) is 23.1 Å². The van der Waals surface area contributed by atoms with Gasteiger partial charge < -0.3 is 16.4 Å². The van der Waals surface area contributed by atoms with Crippen molar-refractivity contribution in [1.82, 2.24) is 4.90 Å². The van der Waals surface area contributed by atoms with Crippen molar-refractivity contribution in [3.63, 3.8) is 0 Å². The second-order valence-corrected chi connectivity index (χ2v) is 5.50. The molecule has 5 nitrogen and oxygen atoms in total. The smallest absolute Gasteiger partial charge is 0.219 e. The highest BCUT2D eigenvalue weighted by atomic mass is 35.5. The normalized spacial score (nSPS) is 18.0. The number of nitrogens with two attached hydrogens (primary N) is 2. The lowest BCUT2D eigenvalue weighted by Crippen LogP contribution is -2.53. The summed E-state index contributed by atoms with van der Waals surface area (Å²) < 4.78 is 0. The molecule has 0 aromatic heterocycles. The SMILES string of the molecule is NCC(CC(N)=O)N1CCN(c2cccc(Cl)c2)CC1. The summed E-state index contributed by atoms with van der Waals surface area (Å²) in [5.41, 5.74) is 12.1. The summed E-state index contributed by atoms with van der Waals surface area (Å²) in [6, 6.07) is 7.92. The van der Waals surface area contributed by atoms with Gasteiger partial charge >= 0.3 is 0 Å². The van der Waals surface area contributed by atoms with Crippen molar-refractivity contribution in [1.29, 1.82) is 0 Å². The van der Waals surface area contributed by atoms with E-state index in [0.29, 0.717) is 13.0 Å². The summed E-state index contributed by atoms with van der Waals surface area (Å²) in [6.07, 6.45) is 0.327. The van der Waals surface area contributed by atoms with Crippen molar-refractivity contribution in [2.75, 3.05) is 37.6 Å². The van der Waals surface area contributed by atoms with E-state index < -0.39 is 0 Å². The lowest BCUT2D eigenvalue weighted by molar-refractivity contribution is -0.119. The van der Waals surface area contributed by atoms with E-state index in [1.807, 2.05) is 18.2 Å². The van der Waals surface area contributed by atoms with Gasteiger partial charge in [0.25, 0.3) is 0 Å². The molecular weight excluding hydrogens is 276 g/mol. The number of piperazine rings is 1. The molecule has 0 saturated carbocycles. The van der Waals surface area contributed by atoms with Crippen LogP contribution in [-0.2, 0) is 4.79 Å². The van der Waals surface area contributed by atoms with Gasteiger partial charge in [0, 0.05) is 55.9 Å². The number of rotatable bonds is 5. The first-order valence-electron chi connectivity index (χ1n) is 6.83.